The molecule has 10 atom stereocenters. The number of likely N-dealkylation sites (N-methyl/N-ethyl adjacent to an activating group) is 1. The third kappa shape index (κ3) is 5.45. The van der Waals surface area contributed by atoms with Gasteiger partial charge in [0.05, 0.1) is 33.3 Å². The summed E-state index contributed by atoms with van der Waals surface area (Å²) in [5.41, 5.74) is 0.239. The molecular weight excluding hydrogens is 530 g/mol. The minimum atomic E-state index is -0.208. The van der Waals surface area contributed by atoms with E-state index in [0.717, 1.165) is 82.3 Å². The Morgan fingerprint density at radius 2 is 1.43 bits per heavy atom. The molecular formula is C34H58N3O5+. The van der Waals surface area contributed by atoms with Crippen molar-refractivity contribution in [1.29, 1.82) is 0 Å². The molecule has 6 fully saturated rings. The largest absolute Gasteiger partial charge is 0.461 e. The van der Waals surface area contributed by atoms with Gasteiger partial charge in [-0.3, -0.25) is 19.4 Å². The van der Waals surface area contributed by atoms with Gasteiger partial charge in [0.15, 0.2) is 0 Å². The van der Waals surface area contributed by atoms with Gasteiger partial charge in [-0.25, -0.2) is 0 Å². The van der Waals surface area contributed by atoms with E-state index in [2.05, 4.69) is 37.7 Å². The number of ether oxygens (including phenoxy) is 2. The Bertz CT molecular complexity index is 1020. The quantitative estimate of drug-likeness (QED) is 0.396. The maximum absolute atomic E-state index is 12.5. The van der Waals surface area contributed by atoms with Crippen molar-refractivity contribution < 1.29 is 28.7 Å². The SMILES string of the molecule is CC(=O)OC1CC2CC[C@@H]3[C@@H](CC[C@]4(C)C(OC(C)=O)C(N5CC[N+](C)(C)CC5)C[C@@H]34)[C@@]2(C)CC1N1CCC(O)CC1. The molecule has 0 aromatic heterocycles. The molecule has 0 bridgehead atoms. The number of carbonyl (C=O) groups is 2. The van der Waals surface area contributed by atoms with E-state index in [1.54, 1.807) is 13.8 Å². The number of likely N-dealkylation sites (tertiary alicyclic amines) is 1. The summed E-state index contributed by atoms with van der Waals surface area (Å²) in [5.74, 6) is 2.15. The lowest BCUT2D eigenvalue weighted by Crippen LogP contribution is -2.61. The van der Waals surface area contributed by atoms with Gasteiger partial charge in [-0.1, -0.05) is 13.8 Å². The number of hydrogen-bond acceptors (Lipinski definition) is 7. The number of fused-ring (bicyclic) bond motifs is 5. The number of hydrogen-bond donors (Lipinski definition) is 1. The van der Waals surface area contributed by atoms with Crippen molar-refractivity contribution in [1.82, 2.24) is 9.80 Å². The summed E-state index contributed by atoms with van der Waals surface area (Å²) in [4.78, 5) is 29.9. The molecule has 0 radical (unpaired) electrons. The van der Waals surface area contributed by atoms with Crippen molar-refractivity contribution in [2.45, 2.75) is 116 Å². The van der Waals surface area contributed by atoms with Gasteiger partial charge in [0.1, 0.15) is 12.2 Å². The highest BCUT2D eigenvalue weighted by Gasteiger charge is 2.65. The van der Waals surface area contributed by atoms with Crippen molar-refractivity contribution in [3.8, 4) is 0 Å². The van der Waals surface area contributed by atoms with E-state index in [9.17, 15) is 14.7 Å². The van der Waals surface area contributed by atoms with Crippen LogP contribution in [0.4, 0.5) is 0 Å². The van der Waals surface area contributed by atoms with Gasteiger partial charge in [-0.2, -0.15) is 0 Å². The molecule has 2 aliphatic heterocycles. The van der Waals surface area contributed by atoms with Gasteiger partial charge in [-0.15, -0.1) is 0 Å². The van der Waals surface area contributed by atoms with Crippen molar-refractivity contribution in [3.05, 3.63) is 0 Å². The number of aliphatic hydroxyl groups is 1. The summed E-state index contributed by atoms with van der Waals surface area (Å²) >= 11 is 0. The van der Waals surface area contributed by atoms with Gasteiger partial charge < -0.3 is 19.1 Å². The number of piperazine rings is 1. The molecule has 6 aliphatic rings. The Hall–Kier alpha value is -1.22. The summed E-state index contributed by atoms with van der Waals surface area (Å²) in [6.45, 7) is 14.4. The minimum absolute atomic E-state index is 0.0209. The van der Waals surface area contributed by atoms with Crippen LogP contribution in [-0.4, -0.2) is 115 Å². The van der Waals surface area contributed by atoms with E-state index in [4.69, 9.17) is 9.47 Å². The van der Waals surface area contributed by atoms with Gasteiger partial charge in [0.25, 0.3) is 0 Å². The van der Waals surface area contributed by atoms with Gasteiger partial charge >= 0.3 is 11.9 Å². The Morgan fingerprint density at radius 1 is 0.786 bits per heavy atom. The Morgan fingerprint density at radius 3 is 2.07 bits per heavy atom. The van der Waals surface area contributed by atoms with Gasteiger partial charge in [0.2, 0.25) is 0 Å². The fourth-order valence-corrected chi connectivity index (χ4v) is 11.2. The van der Waals surface area contributed by atoms with Crippen LogP contribution in [0.2, 0.25) is 0 Å². The third-order valence-electron chi connectivity index (χ3n) is 13.6. The van der Waals surface area contributed by atoms with Crippen molar-refractivity contribution in [3.63, 3.8) is 0 Å². The lowest BCUT2D eigenvalue weighted by Gasteiger charge is -2.62. The molecule has 5 unspecified atom stereocenters. The normalized spacial score (nSPS) is 46.3. The molecule has 0 aromatic rings. The molecule has 4 aliphatic carbocycles. The molecule has 42 heavy (non-hydrogen) atoms. The number of piperidine rings is 1. The standard InChI is InChI=1S/C34H58N3O5/c1-22(38)41-31-19-24-7-8-26-27(34(24,4)21-30(31)35-13-10-25(40)11-14-35)9-12-33(3)28(26)20-29(32(33)42-23(2)39)36-15-17-37(5,6)18-16-36/h24-32,40H,7-21H2,1-6H3/q+1/t24?,26-,27-,28+,29?,30?,31?,32?,33+,34+/m1/s1. The second-order valence-corrected chi connectivity index (χ2v) is 16.4. The molecule has 0 amide bonds. The zero-order valence-corrected chi connectivity index (χ0v) is 27.2. The molecule has 2 saturated heterocycles. The predicted octanol–water partition coefficient (Wildman–Crippen LogP) is 3.70. The molecule has 0 spiro atoms. The number of carbonyl (C=O) groups excluding carboxylic acids is 2. The number of nitrogens with zero attached hydrogens (tertiary/aromatic N) is 3. The number of esters is 2. The van der Waals surface area contributed by atoms with Crippen LogP contribution in [0.25, 0.3) is 0 Å². The topological polar surface area (TPSA) is 79.3 Å². The van der Waals surface area contributed by atoms with Crippen LogP contribution in [0.5, 0.6) is 0 Å². The highest BCUT2D eigenvalue weighted by atomic mass is 16.5. The van der Waals surface area contributed by atoms with E-state index >= 15 is 0 Å². The van der Waals surface area contributed by atoms with Crippen molar-refractivity contribution in [2.24, 2.45) is 34.5 Å². The van der Waals surface area contributed by atoms with Gasteiger partial charge in [-0.05, 0) is 86.9 Å². The van der Waals surface area contributed by atoms with Crippen LogP contribution in [0.3, 0.4) is 0 Å². The van der Waals surface area contributed by atoms with Crippen molar-refractivity contribution >= 4 is 11.9 Å². The number of aliphatic hydroxyl groups excluding tert-OH is 1. The summed E-state index contributed by atoms with van der Waals surface area (Å²) in [5, 5.41) is 10.2. The first-order chi connectivity index (χ1) is 19.8. The maximum Gasteiger partial charge on any atom is 0.302 e. The van der Waals surface area contributed by atoms with Crippen molar-refractivity contribution in [2.75, 3.05) is 53.4 Å². The first-order valence-corrected chi connectivity index (χ1v) is 17.1. The molecule has 1 N–H and O–H groups in total. The van der Waals surface area contributed by atoms with Crippen LogP contribution in [0.1, 0.15) is 85.5 Å². The fraction of sp³-hybridized carbons (Fsp3) is 0.941. The van der Waals surface area contributed by atoms with E-state index in [0.29, 0.717) is 29.7 Å². The molecule has 8 nitrogen and oxygen atoms in total. The van der Waals surface area contributed by atoms with Crippen LogP contribution in [0, 0.1) is 34.5 Å². The fourth-order valence-electron chi connectivity index (χ4n) is 11.2. The van der Waals surface area contributed by atoms with E-state index in [1.165, 1.54) is 19.3 Å². The third-order valence-corrected chi connectivity index (χ3v) is 13.6. The summed E-state index contributed by atoms with van der Waals surface area (Å²) in [6, 6.07) is 0.551. The van der Waals surface area contributed by atoms with Gasteiger partial charge in [0, 0.05) is 57.5 Å². The molecule has 0 aromatic carbocycles. The zero-order chi connectivity index (χ0) is 30.0. The van der Waals surface area contributed by atoms with Crippen LogP contribution >= 0.6 is 0 Å². The number of rotatable bonds is 4. The van der Waals surface area contributed by atoms with E-state index < -0.39 is 0 Å². The lowest BCUT2D eigenvalue weighted by molar-refractivity contribution is -0.894. The van der Waals surface area contributed by atoms with E-state index in [-0.39, 0.29) is 47.1 Å². The number of quaternary nitrogens is 1. The summed E-state index contributed by atoms with van der Waals surface area (Å²) in [6.07, 6.45) is 9.28. The first-order valence-electron chi connectivity index (χ1n) is 17.1. The maximum atomic E-state index is 12.5. The molecule has 4 saturated carbocycles. The summed E-state index contributed by atoms with van der Waals surface area (Å²) in [7, 11) is 4.66. The molecule has 2 heterocycles. The Balaban J connectivity index is 1.26. The average molecular weight is 589 g/mol. The second kappa shape index (κ2) is 11.3. The lowest BCUT2D eigenvalue weighted by atomic mass is 9.44. The van der Waals surface area contributed by atoms with Crippen LogP contribution in [0.15, 0.2) is 0 Å². The van der Waals surface area contributed by atoms with Crippen LogP contribution < -0.4 is 0 Å². The summed E-state index contributed by atoms with van der Waals surface area (Å²) < 4.78 is 13.4. The monoisotopic (exact) mass is 588 g/mol. The second-order valence-electron chi connectivity index (χ2n) is 16.4. The highest BCUT2D eigenvalue weighted by molar-refractivity contribution is 5.66. The first kappa shape index (κ1) is 30.8. The zero-order valence-electron chi connectivity index (χ0n) is 27.2. The van der Waals surface area contributed by atoms with E-state index in [1.807, 2.05) is 0 Å². The molecule has 8 heteroatoms. The molecule has 238 valence electrons. The predicted molar refractivity (Wildman–Crippen MR) is 161 cm³/mol. The minimum Gasteiger partial charge on any atom is -0.461 e. The highest BCUT2D eigenvalue weighted by Crippen LogP contribution is 2.67. The molecule has 6 rings (SSSR count). The Labute approximate surface area is 254 Å². The smallest absolute Gasteiger partial charge is 0.302 e. The average Bonchev–Trinajstić information content (AvgIpc) is 3.20. The Kier molecular flexibility index (Phi) is 8.28. The van der Waals surface area contributed by atoms with Crippen LogP contribution in [-0.2, 0) is 19.1 Å².